The molecule has 0 saturated carbocycles. The molecule has 2 heterocycles. The van der Waals surface area contributed by atoms with Crippen LogP contribution in [0.1, 0.15) is 54.4 Å². The number of rotatable bonds is 5. The summed E-state index contributed by atoms with van der Waals surface area (Å²) in [5.41, 5.74) is 6.21. The minimum absolute atomic E-state index is 0.0284. The van der Waals surface area contributed by atoms with Crippen molar-refractivity contribution >= 4 is 21.6 Å². The standard InChI is InChI=1S/C27H35N3O3S/c1-29-14-4-7-24-17-20(8-11-26(24)29)19-28-27(31)22-12-15-30(16-13-22)34(32,33)25-10-9-21-5-2-3-6-23(21)18-25/h8-11,17-18,22H,2-7,12-16,19H2,1H3,(H,28,31). The van der Waals surface area contributed by atoms with Gasteiger partial charge in [0.05, 0.1) is 4.90 Å². The van der Waals surface area contributed by atoms with E-state index in [2.05, 4.69) is 35.5 Å². The van der Waals surface area contributed by atoms with Crippen LogP contribution in [0.25, 0.3) is 0 Å². The van der Waals surface area contributed by atoms with Gasteiger partial charge in [0, 0.05) is 44.8 Å². The molecule has 1 saturated heterocycles. The molecule has 2 aliphatic heterocycles. The van der Waals surface area contributed by atoms with Gasteiger partial charge < -0.3 is 10.2 Å². The molecular weight excluding hydrogens is 446 g/mol. The predicted octanol–water partition coefficient (Wildman–Crippen LogP) is 3.66. The molecule has 182 valence electrons. The Morgan fingerprint density at radius 3 is 2.44 bits per heavy atom. The van der Waals surface area contributed by atoms with Crippen LogP contribution >= 0.6 is 0 Å². The second-order valence-electron chi connectivity index (χ2n) is 10.0. The monoisotopic (exact) mass is 481 g/mol. The first kappa shape index (κ1) is 23.4. The van der Waals surface area contributed by atoms with Gasteiger partial charge in [-0.05, 0) is 91.8 Å². The highest BCUT2D eigenvalue weighted by molar-refractivity contribution is 7.89. The Hall–Kier alpha value is -2.38. The largest absolute Gasteiger partial charge is 0.374 e. The lowest BCUT2D eigenvalue weighted by Crippen LogP contribution is -2.42. The molecule has 2 aromatic carbocycles. The van der Waals surface area contributed by atoms with Gasteiger partial charge in [-0.3, -0.25) is 4.79 Å². The van der Waals surface area contributed by atoms with Gasteiger partial charge in [-0.2, -0.15) is 4.31 Å². The van der Waals surface area contributed by atoms with Gasteiger partial charge in [0.1, 0.15) is 0 Å². The molecule has 0 atom stereocenters. The van der Waals surface area contributed by atoms with Crippen LogP contribution in [-0.4, -0.2) is 45.3 Å². The lowest BCUT2D eigenvalue weighted by molar-refractivity contribution is -0.126. The van der Waals surface area contributed by atoms with Crippen LogP contribution in [0.2, 0.25) is 0 Å². The van der Waals surface area contributed by atoms with Crippen molar-refractivity contribution in [2.24, 2.45) is 5.92 Å². The number of sulfonamides is 1. The lowest BCUT2D eigenvalue weighted by Gasteiger charge is -2.31. The maximum absolute atomic E-state index is 13.2. The maximum atomic E-state index is 13.2. The molecular formula is C27H35N3O3S. The summed E-state index contributed by atoms with van der Waals surface area (Å²) in [5, 5.41) is 3.09. The molecule has 1 amide bonds. The zero-order valence-corrected chi connectivity index (χ0v) is 20.9. The number of nitrogens with zero attached hydrogens (tertiary/aromatic N) is 2. The highest BCUT2D eigenvalue weighted by Crippen LogP contribution is 2.29. The molecule has 0 radical (unpaired) electrons. The van der Waals surface area contributed by atoms with Gasteiger partial charge in [0.2, 0.25) is 15.9 Å². The molecule has 1 fully saturated rings. The first-order chi connectivity index (χ1) is 16.4. The van der Waals surface area contributed by atoms with Crippen LogP contribution in [0, 0.1) is 5.92 Å². The number of amides is 1. The lowest BCUT2D eigenvalue weighted by atomic mass is 9.92. The molecule has 7 heteroatoms. The van der Waals surface area contributed by atoms with Crippen LogP contribution in [0.5, 0.6) is 0 Å². The van der Waals surface area contributed by atoms with E-state index in [-0.39, 0.29) is 11.8 Å². The third-order valence-electron chi connectivity index (χ3n) is 7.74. The first-order valence-corrected chi connectivity index (χ1v) is 14.1. The Balaban J connectivity index is 1.16. The van der Waals surface area contributed by atoms with E-state index < -0.39 is 10.0 Å². The molecule has 0 unspecified atom stereocenters. The Kier molecular flexibility index (Phi) is 6.67. The molecule has 2 aromatic rings. The zero-order valence-electron chi connectivity index (χ0n) is 20.1. The highest BCUT2D eigenvalue weighted by Gasteiger charge is 2.32. The van der Waals surface area contributed by atoms with E-state index in [9.17, 15) is 13.2 Å². The summed E-state index contributed by atoms with van der Waals surface area (Å²) in [4.78, 5) is 15.5. The maximum Gasteiger partial charge on any atom is 0.243 e. The molecule has 0 spiro atoms. The van der Waals surface area contributed by atoms with Crippen molar-refractivity contribution in [3.63, 3.8) is 0 Å². The summed E-state index contributed by atoms with van der Waals surface area (Å²) < 4.78 is 28.0. The zero-order chi connectivity index (χ0) is 23.7. The quantitative estimate of drug-likeness (QED) is 0.708. The van der Waals surface area contributed by atoms with Gasteiger partial charge >= 0.3 is 0 Å². The Morgan fingerprint density at radius 1 is 0.912 bits per heavy atom. The SMILES string of the molecule is CN1CCCc2cc(CNC(=O)C3CCN(S(=O)(=O)c4ccc5c(c4)CCCC5)CC3)ccc21. The second kappa shape index (κ2) is 9.70. The number of hydrogen-bond acceptors (Lipinski definition) is 4. The Morgan fingerprint density at radius 2 is 1.65 bits per heavy atom. The molecule has 0 aromatic heterocycles. The summed E-state index contributed by atoms with van der Waals surface area (Å²) in [7, 11) is -1.39. The molecule has 5 rings (SSSR count). The van der Waals surface area contributed by atoms with Gasteiger partial charge in [-0.1, -0.05) is 18.2 Å². The van der Waals surface area contributed by atoms with E-state index in [4.69, 9.17) is 0 Å². The summed E-state index contributed by atoms with van der Waals surface area (Å²) in [6.07, 6.45) is 7.67. The fourth-order valence-corrected chi connectivity index (χ4v) is 7.18. The van der Waals surface area contributed by atoms with Crippen molar-refractivity contribution in [2.45, 2.75) is 62.8 Å². The van der Waals surface area contributed by atoms with Crippen LogP contribution in [0.15, 0.2) is 41.3 Å². The normalized spacial score (nSPS) is 19.4. The number of benzene rings is 2. The van der Waals surface area contributed by atoms with Crippen molar-refractivity contribution in [3.8, 4) is 0 Å². The van der Waals surface area contributed by atoms with E-state index >= 15 is 0 Å². The number of carbonyl (C=O) groups excluding carboxylic acids is 1. The molecule has 1 N–H and O–H groups in total. The predicted molar refractivity (Wildman–Crippen MR) is 134 cm³/mol. The smallest absolute Gasteiger partial charge is 0.243 e. The van der Waals surface area contributed by atoms with Gasteiger partial charge in [0.25, 0.3) is 0 Å². The average molecular weight is 482 g/mol. The van der Waals surface area contributed by atoms with Crippen LogP contribution in [-0.2, 0) is 40.6 Å². The first-order valence-electron chi connectivity index (χ1n) is 12.6. The fourth-order valence-electron chi connectivity index (χ4n) is 5.66. The van der Waals surface area contributed by atoms with E-state index in [0.29, 0.717) is 37.4 Å². The van der Waals surface area contributed by atoms with Crippen LogP contribution < -0.4 is 10.2 Å². The van der Waals surface area contributed by atoms with E-state index in [0.717, 1.165) is 44.2 Å². The average Bonchev–Trinajstić information content (AvgIpc) is 2.87. The topological polar surface area (TPSA) is 69.7 Å². The highest BCUT2D eigenvalue weighted by atomic mass is 32.2. The van der Waals surface area contributed by atoms with Crippen molar-refractivity contribution in [1.82, 2.24) is 9.62 Å². The number of anilines is 1. The number of fused-ring (bicyclic) bond motifs is 2. The van der Waals surface area contributed by atoms with Crippen molar-refractivity contribution in [1.29, 1.82) is 0 Å². The summed E-state index contributed by atoms with van der Waals surface area (Å²) in [6.45, 7) is 2.39. The van der Waals surface area contributed by atoms with E-state index in [1.54, 1.807) is 10.4 Å². The number of nitrogens with one attached hydrogen (secondary N) is 1. The fraction of sp³-hybridized carbons (Fsp3) is 0.519. The number of aryl methyl sites for hydroxylation is 3. The van der Waals surface area contributed by atoms with Crippen LogP contribution in [0.4, 0.5) is 5.69 Å². The molecule has 6 nitrogen and oxygen atoms in total. The Labute approximate surface area is 203 Å². The van der Waals surface area contributed by atoms with E-state index in [1.807, 2.05) is 12.1 Å². The van der Waals surface area contributed by atoms with Crippen molar-refractivity contribution in [2.75, 3.05) is 31.6 Å². The number of piperidine rings is 1. The third-order valence-corrected chi connectivity index (χ3v) is 9.64. The number of carbonyl (C=O) groups is 1. The number of hydrogen-bond donors (Lipinski definition) is 1. The molecule has 0 bridgehead atoms. The van der Waals surface area contributed by atoms with Gasteiger partial charge in [0.15, 0.2) is 0 Å². The van der Waals surface area contributed by atoms with Crippen molar-refractivity contribution in [3.05, 3.63) is 58.7 Å². The summed E-state index contributed by atoms with van der Waals surface area (Å²) >= 11 is 0. The summed E-state index contributed by atoms with van der Waals surface area (Å²) in [6, 6.07) is 12.1. The molecule has 34 heavy (non-hydrogen) atoms. The third kappa shape index (κ3) is 4.73. The van der Waals surface area contributed by atoms with Crippen molar-refractivity contribution < 1.29 is 13.2 Å². The molecule has 1 aliphatic carbocycles. The minimum Gasteiger partial charge on any atom is -0.374 e. The van der Waals surface area contributed by atoms with Gasteiger partial charge in [-0.15, -0.1) is 0 Å². The van der Waals surface area contributed by atoms with E-state index in [1.165, 1.54) is 28.8 Å². The molecule has 3 aliphatic rings. The summed E-state index contributed by atoms with van der Waals surface area (Å²) in [5.74, 6) is -0.112. The van der Waals surface area contributed by atoms with Gasteiger partial charge in [-0.25, -0.2) is 8.42 Å². The minimum atomic E-state index is -3.52. The Bertz CT molecular complexity index is 1170. The van der Waals surface area contributed by atoms with Crippen LogP contribution in [0.3, 0.4) is 0 Å². The second-order valence-corrected chi connectivity index (χ2v) is 12.0.